The molecule has 0 aromatic rings. The van der Waals surface area contributed by atoms with Crippen molar-refractivity contribution >= 4 is 11.9 Å². The van der Waals surface area contributed by atoms with Crippen LogP contribution in [0.5, 0.6) is 0 Å². The van der Waals surface area contributed by atoms with E-state index in [-0.39, 0.29) is 0 Å². The maximum absolute atomic E-state index is 3.27. The van der Waals surface area contributed by atoms with Crippen LogP contribution in [0.25, 0.3) is 0 Å². The van der Waals surface area contributed by atoms with Gasteiger partial charge in [-0.15, -0.1) is 0 Å². The molecular formula is C7H9NS. The number of nitrogens with one attached hydrogen (secondary N) is 1. The highest BCUT2D eigenvalue weighted by molar-refractivity contribution is 8.01. The molecular weight excluding hydrogens is 130 g/mol. The van der Waals surface area contributed by atoms with Crippen molar-refractivity contribution < 1.29 is 0 Å². The minimum Gasteiger partial charge on any atom is -0.260 e. The summed E-state index contributed by atoms with van der Waals surface area (Å²) >= 11 is 1.79. The third-order valence-electron chi connectivity index (χ3n) is 1.74. The standard InChI is InChI=1S/C7H9NS/c1-2-4-7-6(3-1)5-8-9-7/h1-2,4,6,8H,3,5H2. The van der Waals surface area contributed by atoms with E-state index in [1.54, 1.807) is 11.9 Å². The van der Waals surface area contributed by atoms with E-state index in [4.69, 9.17) is 0 Å². The lowest BCUT2D eigenvalue weighted by molar-refractivity contribution is 0.661. The monoisotopic (exact) mass is 139 g/mol. The van der Waals surface area contributed by atoms with E-state index >= 15 is 0 Å². The molecule has 2 aliphatic rings. The van der Waals surface area contributed by atoms with E-state index in [1.807, 2.05) is 0 Å². The average Bonchev–Trinajstić information content (AvgIpc) is 2.33. The molecule has 1 N–H and O–H groups in total. The Bertz CT molecular complexity index is 172. The maximum atomic E-state index is 3.27. The van der Waals surface area contributed by atoms with Gasteiger partial charge in [0.25, 0.3) is 0 Å². The first-order valence-corrected chi connectivity index (χ1v) is 4.05. The molecule has 1 unspecified atom stereocenters. The number of fused-ring (bicyclic) bond motifs is 1. The van der Waals surface area contributed by atoms with E-state index in [2.05, 4.69) is 23.0 Å². The van der Waals surface area contributed by atoms with Gasteiger partial charge in [-0.25, -0.2) is 0 Å². The van der Waals surface area contributed by atoms with Crippen molar-refractivity contribution in [3.8, 4) is 0 Å². The summed E-state index contributed by atoms with van der Waals surface area (Å²) in [4.78, 5) is 1.51. The van der Waals surface area contributed by atoms with Gasteiger partial charge < -0.3 is 0 Å². The van der Waals surface area contributed by atoms with Crippen LogP contribution in [-0.4, -0.2) is 6.54 Å². The SMILES string of the molecule is C1=CCC2CNSC2=C1. The van der Waals surface area contributed by atoms with Crippen molar-refractivity contribution in [2.45, 2.75) is 6.42 Å². The molecule has 0 aromatic heterocycles. The molecule has 0 saturated carbocycles. The Morgan fingerprint density at radius 2 is 2.67 bits per heavy atom. The highest BCUT2D eigenvalue weighted by Gasteiger charge is 2.20. The van der Waals surface area contributed by atoms with Crippen LogP contribution >= 0.6 is 11.9 Å². The van der Waals surface area contributed by atoms with E-state index < -0.39 is 0 Å². The van der Waals surface area contributed by atoms with Crippen LogP contribution in [0.15, 0.2) is 23.1 Å². The van der Waals surface area contributed by atoms with Crippen LogP contribution in [0.1, 0.15) is 6.42 Å². The zero-order valence-corrected chi connectivity index (χ0v) is 5.95. The van der Waals surface area contributed by atoms with Crippen molar-refractivity contribution in [3.05, 3.63) is 23.1 Å². The number of hydrogen-bond acceptors (Lipinski definition) is 2. The molecule has 1 saturated heterocycles. The third-order valence-corrected chi connectivity index (χ3v) is 2.76. The lowest BCUT2D eigenvalue weighted by Gasteiger charge is -2.08. The van der Waals surface area contributed by atoms with Gasteiger partial charge in [0.15, 0.2) is 0 Å². The summed E-state index contributed by atoms with van der Waals surface area (Å²) in [7, 11) is 0. The van der Waals surface area contributed by atoms with Gasteiger partial charge in [0, 0.05) is 17.4 Å². The van der Waals surface area contributed by atoms with Crippen LogP contribution in [-0.2, 0) is 0 Å². The number of allylic oxidation sites excluding steroid dienone is 3. The molecule has 1 fully saturated rings. The molecule has 0 amide bonds. The van der Waals surface area contributed by atoms with Gasteiger partial charge in [-0.1, -0.05) is 18.2 Å². The first-order chi connectivity index (χ1) is 4.47. The molecule has 48 valence electrons. The van der Waals surface area contributed by atoms with Gasteiger partial charge in [-0.2, -0.15) is 0 Å². The minimum atomic E-state index is 0.792. The van der Waals surface area contributed by atoms with Gasteiger partial charge in [-0.3, -0.25) is 4.72 Å². The predicted molar refractivity (Wildman–Crippen MR) is 40.9 cm³/mol. The van der Waals surface area contributed by atoms with Crippen LogP contribution in [0, 0.1) is 5.92 Å². The molecule has 1 nitrogen and oxygen atoms in total. The zero-order chi connectivity index (χ0) is 6.10. The molecule has 1 atom stereocenters. The highest BCUT2D eigenvalue weighted by atomic mass is 32.2. The molecule has 1 heterocycles. The molecule has 1 aliphatic heterocycles. The third kappa shape index (κ3) is 0.926. The molecule has 2 heteroatoms. The molecule has 0 spiro atoms. The average molecular weight is 139 g/mol. The van der Waals surface area contributed by atoms with Gasteiger partial charge >= 0.3 is 0 Å². The minimum absolute atomic E-state index is 0.792. The molecule has 0 radical (unpaired) electrons. The normalized spacial score (nSPS) is 32.0. The Morgan fingerprint density at radius 3 is 3.56 bits per heavy atom. The summed E-state index contributed by atoms with van der Waals surface area (Å²) < 4.78 is 3.27. The topological polar surface area (TPSA) is 12.0 Å². The summed E-state index contributed by atoms with van der Waals surface area (Å²) in [6.07, 6.45) is 7.82. The van der Waals surface area contributed by atoms with Gasteiger partial charge in [0.2, 0.25) is 0 Å². The number of hydrogen-bond donors (Lipinski definition) is 1. The van der Waals surface area contributed by atoms with Crippen LogP contribution in [0.2, 0.25) is 0 Å². The van der Waals surface area contributed by atoms with Crippen molar-refractivity contribution in [1.82, 2.24) is 4.72 Å². The Labute approximate surface area is 59.3 Å². The van der Waals surface area contributed by atoms with Gasteiger partial charge in [0.1, 0.15) is 0 Å². The Kier molecular flexibility index (Phi) is 1.36. The summed E-state index contributed by atoms with van der Waals surface area (Å²) in [5.41, 5.74) is 0. The van der Waals surface area contributed by atoms with Gasteiger partial charge in [-0.05, 0) is 18.4 Å². The zero-order valence-electron chi connectivity index (χ0n) is 5.13. The van der Waals surface area contributed by atoms with Crippen LogP contribution < -0.4 is 4.72 Å². The molecule has 0 aromatic carbocycles. The van der Waals surface area contributed by atoms with E-state index in [1.165, 1.54) is 11.3 Å². The summed E-state index contributed by atoms with van der Waals surface area (Å²) in [5, 5.41) is 0. The molecule has 2 rings (SSSR count). The molecule has 1 aliphatic carbocycles. The van der Waals surface area contributed by atoms with E-state index in [0.717, 1.165) is 12.5 Å². The van der Waals surface area contributed by atoms with Gasteiger partial charge in [0.05, 0.1) is 0 Å². The van der Waals surface area contributed by atoms with E-state index in [0.29, 0.717) is 0 Å². The lowest BCUT2D eigenvalue weighted by atomic mass is 10.0. The fourth-order valence-corrected chi connectivity index (χ4v) is 2.13. The molecule has 0 bridgehead atoms. The second-order valence-electron chi connectivity index (χ2n) is 2.38. The highest BCUT2D eigenvalue weighted by Crippen LogP contribution is 2.33. The van der Waals surface area contributed by atoms with Crippen molar-refractivity contribution in [2.75, 3.05) is 6.54 Å². The Balaban J connectivity index is 2.23. The van der Waals surface area contributed by atoms with E-state index in [9.17, 15) is 0 Å². The van der Waals surface area contributed by atoms with Crippen molar-refractivity contribution in [2.24, 2.45) is 5.92 Å². The van der Waals surface area contributed by atoms with Crippen LogP contribution in [0.4, 0.5) is 0 Å². The smallest absolute Gasteiger partial charge is 0.0139 e. The first kappa shape index (κ1) is 5.57. The van der Waals surface area contributed by atoms with Crippen molar-refractivity contribution in [3.63, 3.8) is 0 Å². The summed E-state index contributed by atoms with van der Waals surface area (Å²) in [5.74, 6) is 0.792. The maximum Gasteiger partial charge on any atom is 0.0139 e. The predicted octanol–water partition coefficient (Wildman–Crippen LogP) is 1.70. The lowest BCUT2D eigenvalue weighted by Crippen LogP contribution is -2.06. The Hall–Kier alpha value is -0.210. The second kappa shape index (κ2) is 2.20. The molecule has 9 heavy (non-hydrogen) atoms. The quantitative estimate of drug-likeness (QED) is 0.513. The summed E-state index contributed by atoms with van der Waals surface area (Å²) in [6, 6.07) is 0. The van der Waals surface area contributed by atoms with Crippen molar-refractivity contribution in [1.29, 1.82) is 0 Å². The Morgan fingerprint density at radius 1 is 1.67 bits per heavy atom. The summed E-state index contributed by atoms with van der Waals surface area (Å²) in [6.45, 7) is 1.15. The fraction of sp³-hybridized carbons (Fsp3) is 0.429. The van der Waals surface area contributed by atoms with Crippen LogP contribution in [0.3, 0.4) is 0 Å². The largest absolute Gasteiger partial charge is 0.260 e. The fourth-order valence-electron chi connectivity index (χ4n) is 1.18. The first-order valence-electron chi connectivity index (χ1n) is 3.23. The number of rotatable bonds is 0. The second-order valence-corrected chi connectivity index (χ2v) is 3.34.